The van der Waals surface area contributed by atoms with Gasteiger partial charge in [-0.15, -0.1) is 5.10 Å². The minimum Gasteiger partial charge on any atom is -0.494 e. The van der Waals surface area contributed by atoms with Crippen molar-refractivity contribution in [2.45, 2.75) is 13.8 Å². The van der Waals surface area contributed by atoms with Crippen LogP contribution in [0, 0.1) is 0 Å². The Balaban J connectivity index is 2.39. The van der Waals surface area contributed by atoms with E-state index in [1.807, 2.05) is 6.92 Å². The first-order valence-corrected chi connectivity index (χ1v) is 7.61. The third kappa shape index (κ3) is 2.40. The summed E-state index contributed by atoms with van der Waals surface area (Å²) in [7, 11) is 3.33. The summed E-state index contributed by atoms with van der Waals surface area (Å²) in [5, 5.41) is 8.80. The summed E-state index contributed by atoms with van der Waals surface area (Å²) in [4.78, 5) is 16.6. The van der Waals surface area contributed by atoms with Crippen molar-refractivity contribution in [1.29, 1.82) is 0 Å². The molecule has 0 aliphatic rings. The molecule has 0 unspecified atom stereocenters. The van der Waals surface area contributed by atoms with E-state index in [2.05, 4.69) is 15.3 Å². The maximum Gasteiger partial charge on any atom is 0.343 e. The highest BCUT2D eigenvalue weighted by Crippen LogP contribution is 2.37. The Morgan fingerprint density at radius 2 is 2.04 bits per heavy atom. The predicted octanol–water partition coefficient (Wildman–Crippen LogP) is 2.10. The van der Waals surface area contributed by atoms with Crippen LogP contribution in [0.5, 0.6) is 11.5 Å². The molecule has 2 heterocycles. The molecule has 0 aliphatic carbocycles. The van der Waals surface area contributed by atoms with Gasteiger partial charge in [0.05, 0.1) is 20.3 Å². The van der Waals surface area contributed by atoms with Crippen molar-refractivity contribution in [3.05, 3.63) is 17.8 Å². The normalized spacial score (nSPS) is 11.0. The summed E-state index contributed by atoms with van der Waals surface area (Å²) < 4.78 is 17.9. The molecule has 3 aromatic rings. The Labute approximate surface area is 138 Å². The number of nitrogens with zero attached hydrogens (tertiary/aromatic N) is 4. The Hall–Kier alpha value is -2.90. The minimum absolute atomic E-state index is 0.274. The molecular weight excluding hydrogens is 312 g/mol. The van der Waals surface area contributed by atoms with E-state index < -0.39 is 5.97 Å². The smallest absolute Gasteiger partial charge is 0.343 e. The highest BCUT2D eigenvalue weighted by Gasteiger charge is 2.22. The van der Waals surface area contributed by atoms with Gasteiger partial charge in [-0.3, -0.25) is 4.98 Å². The molecule has 8 heteroatoms. The van der Waals surface area contributed by atoms with Crippen LogP contribution < -0.4 is 9.47 Å². The Morgan fingerprint density at radius 1 is 1.25 bits per heavy atom. The highest BCUT2D eigenvalue weighted by molar-refractivity contribution is 6.09. The van der Waals surface area contributed by atoms with E-state index in [0.717, 1.165) is 0 Å². The van der Waals surface area contributed by atoms with Crippen LogP contribution >= 0.6 is 0 Å². The Kier molecular flexibility index (Phi) is 4.20. The fourth-order valence-electron chi connectivity index (χ4n) is 2.63. The van der Waals surface area contributed by atoms with E-state index in [1.54, 1.807) is 31.8 Å². The molecule has 3 rings (SSSR count). The van der Waals surface area contributed by atoms with Gasteiger partial charge in [-0.1, -0.05) is 5.21 Å². The first-order chi connectivity index (χ1) is 11.6. The van der Waals surface area contributed by atoms with Crippen molar-refractivity contribution in [1.82, 2.24) is 20.0 Å². The maximum absolute atomic E-state index is 12.2. The standard InChI is InChI=1S/C16H18N4O4/c1-5-23-15-9-7-11(22-4)13-14(20(3)19-18-13)12(9)17-8-10(15)16(21)24-6-2/h7-8H,5-6H2,1-4H3. The van der Waals surface area contributed by atoms with Crippen LogP contribution in [0.25, 0.3) is 21.9 Å². The van der Waals surface area contributed by atoms with Crippen LogP contribution in [0.4, 0.5) is 0 Å². The molecule has 0 spiro atoms. The maximum atomic E-state index is 12.2. The topological polar surface area (TPSA) is 88.4 Å². The number of benzene rings is 1. The fourth-order valence-corrected chi connectivity index (χ4v) is 2.63. The van der Waals surface area contributed by atoms with Gasteiger partial charge in [-0.05, 0) is 19.9 Å². The largest absolute Gasteiger partial charge is 0.494 e. The number of aryl methyl sites for hydroxylation is 1. The van der Waals surface area contributed by atoms with Gasteiger partial charge in [0, 0.05) is 18.6 Å². The van der Waals surface area contributed by atoms with Gasteiger partial charge >= 0.3 is 5.97 Å². The average Bonchev–Trinajstić information content (AvgIpc) is 2.97. The lowest BCUT2D eigenvalue weighted by Gasteiger charge is -2.13. The summed E-state index contributed by atoms with van der Waals surface area (Å²) in [6, 6.07) is 1.76. The summed E-state index contributed by atoms with van der Waals surface area (Å²) >= 11 is 0. The predicted molar refractivity (Wildman–Crippen MR) is 87.5 cm³/mol. The second-order valence-electron chi connectivity index (χ2n) is 5.04. The molecule has 0 fully saturated rings. The number of aromatic nitrogens is 4. The van der Waals surface area contributed by atoms with E-state index in [4.69, 9.17) is 14.2 Å². The zero-order valence-electron chi connectivity index (χ0n) is 14.0. The first kappa shape index (κ1) is 16.0. The summed E-state index contributed by atoms with van der Waals surface area (Å²) in [5.74, 6) is 0.481. The third-order valence-corrected chi connectivity index (χ3v) is 3.63. The molecule has 0 N–H and O–H groups in total. The van der Waals surface area contributed by atoms with Crippen LogP contribution in [0.2, 0.25) is 0 Å². The first-order valence-electron chi connectivity index (χ1n) is 7.61. The molecule has 0 atom stereocenters. The molecule has 0 saturated carbocycles. The summed E-state index contributed by atoms with van der Waals surface area (Å²) in [5.41, 5.74) is 2.23. The van der Waals surface area contributed by atoms with Crippen LogP contribution in [0.3, 0.4) is 0 Å². The third-order valence-electron chi connectivity index (χ3n) is 3.63. The number of rotatable bonds is 5. The molecule has 126 valence electrons. The van der Waals surface area contributed by atoms with E-state index in [9.17, 15) is 4.79 Å². The van der Waals surface area contributed by atoms with Gasteiger partial charge in [0.25, 0.3) is 0 Å². The molecule has 0 aliphatic heterocycles. The molecule has 1 aromatic carbocycles. The lowest BCUT2D eigenvalue weighted by atomic mass is 10.1. The molecular formula is C16H18N4O4. The summed E-state index contributed by atoms with van der Waals surface area (Å²) in [6.45, 7) is 4.27. The van der Waals surface area contributed by atoms with Crippen LogP contribution in [-0.2, 0) is 11.8 Å². The SMILES string of the molecule is CCOC(=O)c1cnc2c(cc(OC)c3nnn(C)c32)c1OCC. The molecule has 0 saturated heterocycles. The molecule has 24 heavy (non-hydrogen) atoms. The number of carbonyl (C=O) groups excluding carboxylic acids is 1. The van der Waals surface area contributed by atoms with E-state index in [1.165, 1.54) is 6.20 Å². The number of hydrogen-bond donors (Lipinski definition) is 0. The average molecular weight is 330 g/mol. The Bertz CT molecular complexity index is 919. The van der Waals surface area contributed by atoms with Gasteiger partial charge in [0.2, 0.25) is 0 Å². The number of carbonyl (C=O) groups is 1. The van der Waals surface area contributed by atoms with Gasteiger partial charge in [-0.2, -0.15) is 0 Å². The van der Waals surface area contributed by atoms with E-state index >= 15 is 0 Å². The zero-order chi connectivity index (χ0) is 17.3. The second kappa shape index (κ2) is 6.31. The number of esters is 1. The van der Waals surface area contributed by atoms with Gasteiger partial charge in [0.1, 0.15) is 28.1 Å². The molecule has 0 amide bonds. The second-order valence-corrected chi connectivity index (χ2v) is 5.04. The monoisotopic (exact) mass is 330 g/mol. The Morgan fingerprint density at radius 3 is 2.71 bits per heavy atom. The van der Waals surface area contributed by atoms with Crippen molar-refractivity contribution in [2.75, 3.05) is 20.3 Å². The number of ether oxygens (including phenoxy) is 3. The molecule has 8 nitrogen and oxygen atoms in total. The summed E-state index contributed by atoms with van der Waals surface area (Å²) in [6.07, 6.45) is 1.46. The number of fused-ring (bicyclic) bond motifs is 3. The van der Waals surface area contributed by atoms with Crippen molar-refractivity contribution in [3.8, 4) is 11.5 Å². The molecule has 2 aromatic heterocycles. The van der Waals surface area contributed by atoms with E-state index in [0.29, 0.717) is 40.0 Å². The number of methoxy groups -OCH3 is 1. The quantitative estimate of drug-likeness (QED) is 0.662. The van der Waals surface area contributed by atoms with Crippen LogP contribution in [0.15, 0.2) is 12.3 Å². The van der Waals surface area contributed by atoms with Gasteiger partial charge < -0.3 is 14.2 Å². The molecule has 0 radical (unpaired) electrons. The highest BCUT2D eigenvalue weighted by atomic mass is 16.5. The van der Waals surface area contributed by atoms with Crippen molar-refractivity contribution >= 4 is 27.9 Å². The van der Waals surface area contributed by atoms with Crippen molar-refractivity contribution in [3.63, 3.8) is 0 Å². The van der Waals surface area contributed by atoms with Gasteiger partial charge in [0.15, 0.2) is 5.52 Å². The molecule has 0 bridgehead atoms. The van der Waals surface area contributed by atoms with Crippen molar-refractivity contribution in [2.24, 2.45) is 7.05 Å². The minimum atomic E-state index is -0.474. The van der Waals surface area contributed by atoms with Crippen molar-refractivity contribution < 1.29 is 19.0 Å². The number of hydrogen-bond acceptors (Lipinski definition) is 7. The van der Waals surface area contributed by atoms with Crippen LogP contribution in [-0.4, -0.2) is 46.3 Å². The lowest BCUT2D eigenvalue weighted by molar-refractivity contribution is 0.0522. The van der Waals surface area contributed by atoms with Gasteiger partial charge in [-0.25, -0.2) is 9.48 Å². The zero-order valence-corrected chi connectivity index (χ0v) is 14.0. The van der Waals surface area contributed by atoms with Crippen LogP contribution in [0.1, 0.15) is 24.2 Å². The van der Waals surface area contributed by atoms with E-state index in [-0.39, 0.29) is 12.2 Å². The fraction of sp³-hybridized carbons (Fsp3) is 0.375. The number of pyridine rings is 1. The lowest BCUT2D eigenvalue weighted by Crippen LogP contribution is -2.09.